The Kier molecular flexibility index (Phi) is 10.2. The minimum atomic E-state index is -0.113. The smallest absolute Gasteiger partial charge is 0.102 e. The lowest BCUT2D eigenvalue weighted by Gasteiger charge is -2.26. The average molecular weight is 971 g/mol. The monoisotopic (exact) mass is 970 g/mol. The molecular formula is C70H46N6. The van der Waals surface area contributed by atoms with Crippen molar-refractivity contribution in [3.8, 4) is 78.9 Å². The second-order valence-electron chi connectivity index (χ2n) is 19.7. The fourth-order valence-electron chi connectivity index (χ4n) is 11.8. The van der Waals surface area contributed by atoms with E-state index in [0.29, 0.717) is 0 Å². The third kappa shape index (κ3) is 7.18. The second kappa shape index (κ2) is 17.9. The molecule has 13 aromatic rings. The van der Waals surface area contributed by atoms with Crippen LogP contribution in [0.1, 0.15) is 17.3 Å². The van der Waals surface area contributed by atoms with Gasteiger partial charge in [0.05, 0.1) is 50.9 Å². The highest BCUT2D eigenvalue weighted by Gasteiger charge is 2.29. The van der Waals surface area contributed by atoms with E-state index in [1.807, 2.05) is 24.6 Å². The van der Waals surface area contributed by atoms with Crippen molar-refractivity contribution >= 4 is 55.6 Å². The SMILES string of the molecule is C1=CC2C=Cc3ccc(-c4c5cc(-n6c(-c7ccccc7)ccc6-c6ccccc6)ccc5c(-c5ccc6ccc7cccnc7c6n5)c5cc(-n6c(-c7ccccc7)ccc6-c6ccccc6)ccc45)nc3C2N=C1. The molecule has 5 aromatic heterocycles. The van der Waals surface area contributed by atoms with Gasteiger partial charge in [0.2, 0.25) is 0 Å². The molecule has 76 heavy (non-hydrogen) atoms. The van der Waals surface area contributed by atoms with Gasteiger partial charge in [-0.25, -0.2) is 9.97 Å². The molecular weight excluding hydrogens is 925 g/mol. The van der Waals surface area contributed by atoms with Crippen molar-refractivity contribution in [1.29, 1.82) is 0 Å². The Morgan fingerprint density at radius 2 is 0.868 bits per heavy atom. The first-order valence-corrected chi connectivity index (χ1v) is 25.9. The number of benzene rings is 8. The Labute approximate surface area is 439 Å². The van der Waals surface area contributed by atoms with Gasteiger partial charge in [0.15, 0.2) is 0 Å². The molecule has 356 valence electrons. The number of pyridine rings is 3. The fourth-order valence-corrected chi connectivity index (χ4v) is 11.8. The minimum absolute atomic E-state index is 0.113. The van der Waals surface area contributed by atoms with Crippen molar-refractivity contribution in [1.82, 2.24) is 24.1 Å². The van der Waals surface area contributed by atoms with E-state index < -0.39 is 0 Å². The van der Waals surface area contributed by atoms with Crippen LogP contribution in [0, 0.1) is 5.92 Å². The zero-order valence-electron chi connectivity index (χ0n) is 41.2. The Hall–Kier alpha value is -10.0. The molecule has 2 unspecified atom stereocenters. The van der Waals surface area contributed by atoms with Gasteiger partial charge in [0.25, 0.3) is 0 Å². The predicted molar refractivity (Wildman–Crippen MR) is 314 cm³/mol. The highest BCUT2D eigenvalue weighted by Crippen LogP contribution is 2.48. The van der Waals surface area contributed by atoms with E-state index in [9.17, 15) is 0 Å². The van der Waals surface area contributed by atoms with Gasteiger partial charge in [-0.05, 0) is 122 Å². The first-order chi connectivity index (χ1) is 37.7. The lowest BCUT2D eigenvalue weighted by molar-refractivity contribution is 0.595. The molecule has 0 bridgehead atoms. The van der Waals surface area contributed by atoms with Crippen LogP contribution in [0.15, 0.2) is 260 Å². The van der Waals surface area contributed by atoms with Gasteiger partial charge in [0.1, 0.15) is 6.04 Å². The summed E-state index contributed by atoms with van der Waals surface area (Å²) in [7, 11) is 0. The number of rotatable bonds is 8. The highest BCUT2D eigenvalue weighted by molar-refractivity contribution is 6.22. The maximum absolute atomic E-state index is 5.71. The van der Waals surface area contributed by atoms with Crippen LogP contribution in [0.4, 0.5) is 0 Å². The Morgan fingerprint density at radius 3 is 1.41 bits per heavy atom. The second-order valence-corrected chi connectivity index (χ2v) is 19.7. The zero-order chi connectivity index (χ0) is 50.1. The first kappa shape index (κ1) is 43.5. The molecule has 6 nitrogen and oxygen atoms in total. The largest absolute Gasteiger partial charge is 0.309 e. The van der Waals surface area contributed by atoms with Crippen LogP contribution >= 0.6 is 0 Å². The third-order valence-electron chi connectivity index (χ3n) is 15.4. The molecule has 2 aliphatic rings. The predicted octanol–water partition coefficient (Wildman–Crippen LogP) is 17.4. The van der Waals surface area contributed by atoms with E-state index in [1.165, 1.54) is 0 Å². The van der Waals surface area contributed by atoms with E-state index in [4.69, 9.17) is 19.9 Å². The van der Waals surface area contributed by atoms with Crippen LogP contribution in [0.5, 0.6) is 0 Å². The number of aromatic nitrogens is 5. The molecule has 0 saturated carbocycles. The minimum Gasteiger partial charge on any atom is -0.309 e. The van der Waals surface area contributed by atoms with Crippen molar-refractivity contribution < 1.29 is 0 Å². The van der Waals surface area contributed by atoms with Gasteiger partial charge >= 0.3 is 0 Å². The summed E-state index contributed by atoms with van der Waals surface area (Å²) >= 11 is 0. The quantitative estimate of drug-likeness (QED) is 0.113. The molecule has 0 saturated heterocycles. The molecule has 15 rings (SSSR count). The van der Waals surface area contributed by atoms with Gasteiger partial charge in [-0.2, -0.15) is 0 Å². The van der Waals surface area contributed by atoms with Gasteiger partial charge in [-0.15, -0.1) is 0 Å². The molecule has 0 fully saturated rings. The number of dihydropyridines is 1. The molecule has 0 N–H and O–H groups in total. The van der Waals surface area contributed by atoms with E-state index in [-0.39, 0.29) is 12.0 Å². The zero-order valence-corrected chi connectivity index (χ0v) is 41.2. The van der Waals surface area contributed by atoms with E-state index in [1.54, 1.807) is 0 Å². The number of aliphatic imine (C=N–C) groups is 1. The van der Waals surface area contributed by atoms with Crippen molar-refractivity contribution in [2.45, 2.75) is 6.04 Å². The summed E-state index contributed by atoms with van der Waals surface area (Å²) in [6, 6.07) is 82.8. The average Bonchev–Trinajstić information content (AvgIpc) is 4.16. The van der Waals surface area contributed by atoms with Gasteiger partial charge in [-0.1, -0.05) is 182 Å². The highest BCUT2D eigenvalue weighted by atomic mass is 15.0. The Bertz CT molecular complexity index is 4400. The molecule has 0 amide bonds. The van der Waals surface area contributed by atoms with Gasteiger partial charge in [-0.3, -0.25) is 9.98 Å². The fraction of sp³-hybridized carbons (Fsp3) is 0.0286. The van der Waals surface area contributed by atoms with Crippen LogP contribution in [0.25, 0.3) is 128 Å². The third-order valence-corrected chi connectivity index (χ3v) is 15.4. The molecule has 6 heteroatoms. The first-order valence-electron chi connectivity index (χ1n) is 25.9. The van der Waals surface area contributed by atoms with Crippen LogP contribution in [-0.4, -0.2) is 30.3 Å². The molecule has 8 aromatic carbocycles. The van der Waals surface area contributed by atoms with E-state index in [0.717, 1.165) is 134 Å². The van der Waals surface area contributed by atoms with E-state index >= 15 is 0 Å². The molecule has 0 spiro atoms. The molecule has 1 aliphatic heterocycles. The summed E-state index contributed by atoms with van der Waals surface area (Å²) in [6.07, 6.45) is 12.5. The molecule has 2 atom stereocenters. The van der Waals surface area contributed by atoms with Gasteiger partial charge in [0, 0.05) is 51.6 Å². The maximum Gasteiger partial charge on any atom is 0.102 e. The van der Waals surface area contributed by atoms with Gasteiger partial charge < -0.3 is 9.13 Å². The molecule has 0 radical (unpaired) electrons. The Balaban J connectivity index is 1.08. The molecule has 1 aliphatic carbocycles. The van der Waals surface area contributed by atoms with E-state index in [2.05, 4.69) is 252 Å². The van der Waals surface area contributed by atoms with Crippen LogP contribution in [0.2, 0.25) is 0 Å². The van der Waals surface area contributed by atoms with Crippen LogP contribution in [-0.2, 0) is 0 Å². The summed E-state index contributed by atoms with van der Waals surface area (Å²) in [5.41, 5.74) is 18.7. The number of nitrogens with zero attached hydrogens (tertiary/aromatic N) is 6. The summed E-state index contributed by atoms with van der Waals surface area (Å²) in [5.74, 6) is 0.135. The number of fused-ring (bicyclic) bond motifs is 8. The number of hydrogen-bond acceptors (Lipinski definition) is 4. The summed E-state index contributed by atoms with van der Waals surface area (Å²) in [6.45, 7) is 0. The molecule has 6 heterocycles. The summed E-state index contributed by atoms with van der Waals surface area (Å²) < 4.78 is 4.82. The van der Waals surface area contributed by atoms with Crippen LogP contribution in [0.3, 0.4) is 0 Å². The standard InChI is InChI=1S/C70H46N6/c1-5-15-45(16-6-1)61-37-38-62(46-17-7-2-8-18-46)75(61)53-31-33-55-57(43-53)65(59-35-29-51-27-25-49-23-13-41-71-67(49)69(51)73-59)56-34-32-54(76-63(47-19-9-3-10-20-47)39-40-64(76)48-21-11-4-12-22-48)44-58(56)66(55)60-36-30-52-28-26-50-24-14-42-72-68(50)70(52)74-60/h1-44,49,67H. The number of allylic oxidation sites excluding steroid dienone is 1. The number of hydrogen-bond donors (Lipinski definition) is 0. The van der Waals surface area contributed by atoms with Crippen molar-refractivity contribution in [3.05, 3.63) is 266 Å². The summed E-state index contributed by atoms with van der Waals surface area (Å²) in [5, 5.41) is 6.35. The lowest BCUT2D eigenvalue weighted by Crippen LogP contribution is -2.16. The summed E-state index contributed by atoms with van der Waals surface area (Å²) in [4.78, 5) is 21.3. The van der Waals surface area contributed by atoms with Crippen molar-refractivity contribution in [2.75, 3.05) is 0 Å². The lowest BCUT2D eigenvalue weighted by atomic mass is 9.85. The maximum atomic E-state index is 5.71. The van der Waals surface area contributed by atoms with Crippen LogP contribution < -0.4 is 0 Å². The normalized spacial score (nSPS) is 14.7. The van der Waals surface area contributed by atoms with Crippen molar-refractivity contribution in [3.63, 3.8) is 0 Å². The topological polar surface area (TPSA) is 60.9 Å². The Morgan fingerprint density at radius 1 is 0.382 bits per heavy atom. The van der Waals surface area contributed by atoms with Crippen molar-refractivity contribution in [2.24, 2.45) is 10.9 Å².